The molecule has 76 valence electrons. The molecule has 0 aliphatic carbocycles. The van der Waals surface area contributed by atoms with Gasteiger partial charge in [0.15, 0.2) is 0 Å². The Labute approximate surface area is 82.1 Å². The van der Waals surface area contributed by atoms with Crippen molar-refractivity contribution in [1.29, 1.82) is 0 Å². The summed E-state index contributed by atoms with van der Waals surface area (Å²) >= 11 is 0. The third-order valence-corrected chi connectivity index (χ3v) is 1.91. The van der Waals surface area contributed by atoms with Gasteiger partial charge in [0.25, 0.3) is 0 Å². The first-order valence-corrected chi connectivity index (χ1v) is 4.46. The summed E-state index contributed by atoms with van der Waals surface area (Å²) in [5, 5.41) is 0. The SMILES string of the molecule is COC(=O)CCCn1ccccc1=O. The second kappa shape index (κ2) is 5.21. The first-order chi connectivity index (χ1) is 6.74. The molecule has 0 fully saturated rings. The van der Waals surface area contributed by atoms with Gasteiger partial charge in [-0.25, -0.2) is 0 Å². The Balaban J connectivity index is 2.43. The van der Waals surface area contributed by atoms with Crippen LogP contribution in [-0.2, 0) is 16.1 Å². The normalized spacial score (nSPS) is 9.79. The zero-order valence-corrected chi connectivity index (χ0v) is 8.10. The van der Waals surface area contributed by atoms with Gasteiger partial charge in [0, 0.05) is 25.2 Å². The summed E-state index contributed by atoms with van der Waals surface area (Å²) in [7, 11) is 1.36. The van der Waals surface area contributed by atoms with Gasteiger partial charge in [0.1, 0.15) is 0 Å². The Bertz CT molecular complexity index is 356. The fourth-order valence-corrected chi connectivity index (χ4v) is 1.14. The molecular formula is C10H13NO3. The maximum atomic E-state index is 11.2. The van der Waals surface area contributed by atoms with E-state index in [0.717, 1.165) is 0 Å². The molecule has 0 saturated carbocycles. The van der Waals surface area contributed by atoms with Gasteiger partial charge in [-0.05, 0) is 12.5 Å². The molecular weight excluding hydrogens is 182 g/mol. The molecule has 0 bridgehead atoms. The summed E-state index contributed by atoms with van der Waals surface area (Å²) in [6.45, 7) is 0.550. The minimum absolute atomic E-state index is 0.0441. The molecule has 1 aromatic rings. The standard InChI is InChI=1S/C10H13NO3/c1-14-10(13)6-4-8-11-7-3-2-5-9(11)12/h2-3,5,7H,4,6,8H2,1H3. The van der Waals surface area contributed by atoms with Crippen LogP contribution >= 0.6 is 0 Å². The van der Waals surface area contributed by atoms with Crippen LogP contribution in [0.5, 0.6) is 0 Å². The van der Waals surface area contributed by atoms with E-state index < -0.39 is 0 Å². The van der Waals surface area contributed by atoms with Crippen LogP contribution < -0.4 is 5.56 Å². The number of carbonyl (C=O) groups is 1. The van der Waals surface area contributed by atoms with Crippen molar-refractivity contribution in [2.45, 2.75) is 19.4 Å². The van der Waals surface area contributed by atoms with Crippen molar-refractivity contribution in [3.05, 3.63) is 34.7 Å². The lowest BCUT2D eigenvalue weighted by atomic mass is 10.3. The van der Waals surface area contributed by atoms with Crippen molar-refractivity contribution < 1.29 is 9.53 Å². The Morgan fingerprint density at radius 3 is 2.93 bits per heavy atom. The lowest BCUT2D eigenvalue weighted by molar-refractivity contribution is -0.140. The Morgan fingerprint density at radius 2 is 2.29 bits per heavy atom. The molecule has 1 rings (SSSR count). The van der Waals surface area contributed by atoms with E-state index in [0.29, 0.717) is 19.4 Å². The topological polar surface area (TPSA) is 48.3 Å². The zero-order valence-electron chi connectivity index (χ0n) is 8.10. The molecule has 4 nitrogen and oxygen atoms in total. The molecule has 0 amide bonds. The van der Waals surface area contributed by atoms with Gasteiger partial charge in [-0.15, -0.1) is 0 Å². The largest absolute Gasteiger partial charge is 0.469 e. The van der Waals surface area contributed by atoms with Gasteiger partial charge in [0.05, 0.1) is 7.11 Å². The monoisotopic (exact) mass is 195 g/mol. The predicted molar refractivity (Wildman–Crippen MR) is 52.0 cm³/mol. The number of pyridine rings is 1. The van der Waals surface area contributed by atoms with Crippen LogP contribution in [0.3, 0.4) is 0 Å². The maximum Gasteiger partial charge on any atom is 0.305 e. The fourth-order valence-electron chi connectivity index (χ4n) is 1.14. The van der Waals surface area contributed by atoms with E-state index in [1.54, 1.807) is 22.9 Å². The first-order valence-electron chi connectivity index (χ1n) is 4.46. The van der Waals surface area contributed by atoms with Crippen LogP contribution in [0.25, 0.3) is 0 Å². The summed E-state index contributed by atoms with van der Waals surface area (Å²) in [4.78, 5) is 22.0. The van der Waals surface area contributed by atoms with Crippen LogP contribution in [0, 0.1) is 0 Å². The van der Waals surface area contributed by atoms with E-state index in [1.165, 1.54) is 13.2 Å². The third-order valence-electron chi connectivity index (χ3n) is 1.91. The molecule has 1 heterocycles. The molecule has 0 N–H and O–H groups in total. The van der Waals surface area contributed by atoms with Crippen molar-refractivity contribution in [2.75, 3.05) is 7.11 Å². The predicted octanol–water partition coefficient (Wildman–Crippen LogP) is 0.801. The fraction of sp³-hybridized carbons (Fsp3) is 0.400. The van der Waals surface area contributed by atoms with Crippen molar-refractivity contribution in [3.63, 3.8) is 0 Å². The average molecular weight is 195 g/mol. The van der Waals surface area contributed by atoms with Crippen LogP contribution in [0.2, 0.25) is 0 Å². The minimum Gasteiger partial charge on any atom is -0.469 e. The van der Waals surface area contributed by atoms with Gasteiger partial charge >= 0.3 is 5.97 Å². The Kier molecular flexibility index (Phi) is 3.91. The summed E-state index contributed by atoms with van der Waals surface area (Å²) in [5.41, 5.74) is -0.0441. The Morgan fingerprint density at radius 1 is 1.50 bits per heavy atom. The van der Waals surface area contributed by atoms with E-state index in [2.05, 4.69) is 4.74 Å². The highest BCUT2D eigenvalue weighted by Gasteiger charge is 2.00. The molecule has 0 aromatic carbocycles. The number of carbonyl (C=O) groups excluding carboxylic acids is 1. The summed E-state index contributed by atoms with van der Waals surface area (Å²) < 4.78 is 6.06. The van der Waals surface area contributed by atoms with Gasteiger partial charge in [0.2, 0.25) is 5.56 Å². The molecule has 0 unspecified atom stereocenters. The molecule has 0 atom stereocenters. The molecule has 0 aliphatic heterocycles. The van der Waals surface area contributed by atoms with E-state index in [-0.39, 0.29) is 11.5 Å². The maximum absolute atomic E-state index is 11.2. The van der Waals surface area contributed by atoms with Crippen LogP contribution in [0.4, 0.5) is 0 Å². The van der Waals surface area contributed by atoms with Gasteiger partial charge < -0.3 is 9.30 Å². The zero-order chi connectivity index (χ0) is 10.4. The van der Waals surface area contributed by atoms with Crippen molar-refractivity contribution in [2.24, 2.45) is 0 Å². The van der Waals surface area contributed by atoms with E-state index >= 15 is 0 Å². The van der Waals surface area contributed by atoms with Crippen LogP contribution in [-0.4, -0.2) is 17.6 Å². The van der Waals surface area contributed by atoms with Gasteiger partial charge in [-0.2, -0.15) is 0 Å². The minimum atomic E-state index is -0.242. The number of aromatic nitrogens is 1. The second-order valence-corrected chi connectivity index (χ2v) is 2.91. The molecule has 0 aliphatic rings. The highest BCUT2D eigenvalue weighted by atomic mass is 16.5. The Hall–Kier alpha value is -1.58. The summed E-state index contributed by atoms with van der Waals surface area (Å²) in [6.07, 6.45) is 2.67. The smallest absolute Gasteiger partial charge is 0.305 e. The molecule has 1 aromatic heterocycles. The number of esters is 1. The number of hydrogen-bond acceptors (Lipinski definition) is 3. The van der Waals surface area contributed by atoms with Crippen molar-refractivity contribution >= 4 is 5.97 Å². The highest BCUT2D eigenvalue weighted by molar-refractivity contribution is 5.68. The van der Waals surface area contributed by atoms with E-state index in [9.17, 15) is 9.59 Å². The summed E-state index contributed by atoms with van der Waals surface area (Å²) in [6, 6.07) is 4.98. The molecule has 4 heteroatoms. The first kappa shape index (κ1) is 10.5. The lowest BCUT2D eigenvalue weighted by Crippen LogP contribution is -2.18. The van der Waals surface area contributed by atoms with Crippen molar-refractivity contribution in [1.82, 2.24) is 4.57 Å². The van der Waals surface area contributed by atoms with Gasteiger partial charge in [-0.3, -0.25) is 9.59 Å². The van der Waals surface area contributed by atoms with Crippen LogP contribution in [0.15, 0.2) is 29.2 Å². The average Bonchev–Trinajstić information content (AvgIpc) is 2.20. The number of hydrogen-bond donors (Lipinski definition) is 0. The highest BCUT2D eigenvalue weighted by Crippen LogP contribution is 1.94. The van der Waals surface area contributed by atoms with Crippen LogP contribution in [0.1, 0.15) is 12.8 Å². The number of ether oxygens (including phenoxy) is 1. The molecule has 0 spiro atoms. The number of methoxy groups -OCH3 is 1. The number of rotatable bonds is 4. The number of aryl methyl sites for hydroxylation is 1. The lowest BCUT2D eigenvalue weighted by Gasteiger charge is -2.03. The van der Waals surface area contributed by atoms with E-state index in [1.807, 2.05) is 0 Å². The third kappa shape index (κ3) is 3.05. The van der Waals surface area contributed by atoms with Crippen molar-refractivity contribution in [3.8, 4) is 0 Å². The number of nitrogens with zero attached hydrogens (tertiary/aromatic N) is 1. The second-order valence-electron chi connectivity index (χ2n) is 2.91. The molecule has 14 heavy (non-hydrogen) atoms. The molecule has 0 radical (unpaired) electrons. The molecule has 0 saturated heterocycles. The van der Waals surface area contributed by atoms with Gasteiger partial charge in [-0.1, -0.05) is 6.07 Å². The summed E-state index contributed by atoms with van der Waals surface area (Å²) in [5.74, 6) is -0.242. The van der Waals surface area contributed by atoms with E-state index in [4.69, 9.17) is 0 Å². The quantitative estimate of drug-likeness (QED) is 0.668.